The number of hydrogen-bond donors (Lipinski definition) is 2. The van der Waals surface area contributed by atoms with Crippen molar-refractivity contribution in [2.24, 2.45) is 23.7 Å². The number of carbonyl (C=O) groups is 5. The number of halogens is 1. The standard InChI is InChI=1S/C38H29ClN2O8/c39-22-9-5-11-24(17-22)41-34(44)29-18-28-26(13-14-27-31(28)35(45)40(33(27)43)23-10-4-6-20(16-23)36(46)47)32(30-15-12-25(19-42)49-30)38(29,37(41)48)21-7-2-1-3-8-21/h1-13,15-17,27-29,31-32,42H,14,18-19H2,(H,46,47)/t27-,28+,29-,31-,32+,38+/m0/s1. The Morgan fingerprint density at radius 2 is 1.57 bits per heavy atom. The number of allylic oxidation sites excluding steroid dienone is 2. The molecule has 0 unspecified atom stereocenters. The third-order valence-corrected chi connectivity index (χ3v) is 10.9. The summed E-state index contributed by atoms with van der Waals surface area (Å²) in [6, 6.07) is 24.6. The Bertz CT molecular complexity index is 2110. The van der Waals surface area contributed by atoms with Gasteiger partial charge in [-0.15, -0.1) is 0 Å². The number of anilines is 2. The van der Waals surface area contributed by atoms with Crippen molar-refractivity contribution in [3.63, 3.8) is 0 Å². The molecule has 0 bridgehead atoms. The fraction of sp³-hybridized carbons (Fsp3) is 0.237. The van der Waals surface area contributed by atoms with Gasteiger partial charge in [-0.25, -0.2) is 9.69 Å². The maximum absolute atomic E-state index is 15.2. The molecule has 4 aromatic rings. The molecule has 49 heavy (non-hydrogen) atoms. The van der Waals surface area contributed by atoms with Crippen LogP contribution in [-0.4, -0.2) is 39.8 Å². The summed E-state index contributed by atoms with van der Waals surface area (Å²) >= 11 is 6.34. The van der Waals surface area contributed by atoms with Crippen LogP contribution in [-0.2, 0) is 31.2 Å². The highest BCUT2D eigenvalue weighted by Gasteiger charge is 2.71. The van der Waals surface area contributed by atoms with E-state index in [1.165, 1.54) is 29.2 Å². The van der Waals surface area contributed by atoms with E-state index in [-0.39, 0.29) is 36.5 Å². The Labute approximate surface area is 285 Å². The van der Waals surface area contributed by atoms with E-state index in [0.29, 0.717) is 27.6 Å². The summed E-state index contributed by atoms with van der Waals surface area (Å²) in [6.45, 7) is -0.388. The van der Waals surface area contributed by atoms with Crippen LogP contribution in [0.1, 0.15) is 46.2 Å². The van der Waals surface area contributed by atoms with E-state index in [4.69, 9.17) is 16.0 Å². The molecule has 8 rings (SSSR count). The van der Waals surface area contributed by atoms with E-state index in [0.717, 1.165) is 4.90 Å². The van der Waals surface area contributed by atoms with E-state index in [1.54, 1.807) is 48.5 Å². The molecule has 3 fully saturated rings. The van der Waals surface area contributed by atoms with Crippen LogP contribution in [0.3, 0.4) is 0 Å². The minimum Gasteiger partial charge on any atom is -0.478 e. The number of fused-ring (bicyclic) bond motifs is 4. The predicted octanol–water partition coefficient (Wildman–Crippen LogP) is 5.49. The number of imide groups is 2. The molecular weight excluding hydrogens is 648 g/mol. The highest BCUT2D eigenvalue weighted by atomic mass is 35.5. The molecule has 3 heterocycles. The third kappa shape index (κ3) is 4.40. The zero-order chi connectivity index (χ0) is 34.2. The summed E-state index contributed by atoms with van der Waals surface area (Å²) in [5.41, 5.74) is 0.212. The molecular formula is C38H29ClN2O8. The number of aliphatic hydroxyl groups excluding tert-OH is 1. The van der Waals surface area contributed by atoms with Crippen LogP contribution in [0.4, 0.5) is 11.4 Å². The zero-order valence-corrected chi connectivity index (χ0v) is 26.6. The van der Waals surface area contributed by atoms with E-state index >= 15 is 4.79 Å². The monoisotopic (exact) mass is 676 g/mol. The second kappa shape index (κ2) is 11.4. The Hall–Kier alpha value is -5.32. The first-order valence-corrected chi connectivity index (χ1v) is 16.3. The minimum atomic E-state index is -1.50. The number of nitrogens with zero attached hydrogens (tertiary/aromatic N) is 2. The van der Waals surface area contributed by atoms with Gasteiger partial charge < -0.3 is 14.6 Å². The smallest absolute Gasteiger partial charge is 0.335 e. The quantitative estimate of drug-likeness (QED) is 0.201. The van der Waals surface area contributed by atoms with Gasteiger partial charge in [0.2, 0.25) is 23.6 Å². The van der Waals surface area contributed by atoms with E-state index in [9.17, 15) is 29.4 Å². The lowest BCUT2D eigenvalue weighted by Crippen LogP contribution is -2.53. The number of aliphatic hydroxyl groups is 1. The van der Waals surface area contributed by atoms with Gasteiger partial charge in [-0.3, -0.25) is 24.1 Å². The number of carbonyl (C=O) groups excluding carboxylic acids is 4. The van der Waals surface area contributed by atoms with Crippen LogP contribution in [0.15, 0.2) is 107 Å². The van der Waals surface area contributed by atoms with Gasteiger partial charge in [0.25, 0.3) is 0 Å². The van der Waals surface area contributed by atoms with Crippen molar-refractivity contribution in [1.82, 2.24) is 0 Å². The molecule has 1 saturated carbocycles. The Morgan fingerprint density at radius 1 is 0.837 bits per heavy atom. The van der Waals surface area contributed by atoms with Gasteiger partial charge in [0.15, 0.2) is 0 Å². The predicted molar refractivity (Wildman–Crippen MR) is 177 cm³/mol. The second-order valence-electron chi connectivity index (χ2n) is 12.9. The van der Waals surface area contributed by atoms with Gasteiger partial charge in [0.05, 0.1) is 40.6 Å². The largest absolute Gasteiger partial charge is 0.478 e. The summed E-state index contributed by atoms with van der Waals surface area (Å²) in [5, 5.41) is 19.9. The lowest BCUT2D eigenvalue weighted by molar-refractivity contribution is -0.127. The molecule has 2 aliphatic carbocycles. The molecule has 6 atom stereocenters. The van der Waals surface area contributed by atoms with Gasteiger partial charge in [-0.2, -0.15) is 0 Å². The zero-order valence-electron chi connectivity index (χ0n) is 25.9. The number of carboxylic acids is 1. The summed E-state index contributed by atoms with van der Waals surface area (Å²) < 4.78 is 6.19. The van der Waals surface area contributed by atoms with E-state index in [2.05, 4.69) is 0 Å². The van der Waals surface area contributed by atoms with Crippen LogP contribution >= 0.6 is 11.6 Å². The number of furan rings is 1. The van der Waals surface area contributed by atoms with Crippen LogP contribution in [0.5, 0.6) is 0 Å². The van der Waals surface area contributed by atoms with Crippen LogP contribution in [0.25, 0.3) is 0 Å². The molecule has 3 aromatic carbocycles. The molecule has 0 radical (unpaired) electrons. The average molecular weight is 677 g/mol. The minimum absolute atomic E-state index is 0.0640. The first-order valence-electron chi connectivity index (χ1n) is 16.0. The van der Waals surface area contributed by atoms with E-state index in [1.807, 2.05) is 24.3 Å². The molecule has 2 aliphatic heterocycles. The lowest BCUT2D eigenvalue weighted by atomic mass is 9.50. The Kier molecular flexibility index (Phi) is 7.20. The van der Waals surface area contributed by atoms with Gasteiger partial charge in [0.1, 0.15) is 23.5 Å². The Morgan fingerprint density at radius 3 is 2.27 bits per heavy atom. The number of carboxylic acid groups (broad SMARTS) is 1. The normalized spacial score (nSPS) is 27.6. The van der Waals surface area contributed by atoms with Crippen molar-refractivity contribution in [2.45, 2.75) is 30.8 Å². The van der Waals surface area contributed by atoms with Crippen molar-refractivity contribution in [1.29, 1.82) is 0 Å². The summed E-state index contributed by atoms with van der Waals surface area (Å²) in [5.74, 6) is -6.52. The Balaban J connectivity index is 1.32. The maximum Gasteiger partial charge on any atom is 0.335 e. The SMILES string of the molecule is O=C(O)c1cccc(N2C(=O)[C@H]3[C@H](CC=C4[C@H]3C[C@H]3C(=O)N(c5cccc(Cl)c5)C(=O)[C@@]3(c3ccccc3)[C@H]4c3ccc(CO)o3)C2=O)c1. The van der Waals surface area contributed by atoms with Crippen molar-refractivity contribution in [2.75, 3.05) is 9.80 Å². The van der Waals surface area contributed by atoms with E-state index < -0.39 is 64.6 Å². The summed E-state index contributed by atoms with van der Waals surface area (Å²) in [4.78, 5) is 72.2. The van der Waals surface area contributed by atoms with Gasteiger partial charge >= 0.3 is 5.97 Å². The van der Waals surface area contributed by atoms with Crippen LogP contribution in [0.2, 0.25) is 5.02 Å². The molecule has 2 N–H and O–H groups in total. The molecule has 0 spiro atoms. The number of amides is 4. The van der Waals surface area contributed by atoms with Crippen LogP contribution < -0.4 is 9.80 Å². The molecule has 2 saturated heterocycles. The first-order chi connectivity index (χ1) is 23.7. The summed E-state index contributed by atoms with van der Waals surface area (Å²) in [6.07, 6.45) is 2.19. The number of aromatic carboxylic acids is 1. The molecule has 10 nitrogen and oxygen atoms in total. The number of benzene rings is 3. The fourth-order valence-electron chi connectivity index (χ4n) is 8.72. The molecule has 11 heteroatoms. The van der Waals surface area contributed by atoms with Gasteiger partial charge in [-0.05, 0) is 72.9 Å². The maximum atomic E-state index is 15.2. The highest BCUT2D eigenvalue weighted by molar-refractivity contribution is 6.32. The third-order valence-electron chi connectivity index (χ3n) is 10.6. The lowest BCUT2D eigenvalue weighted by Gasteiger charge is -2.49. The summed E-state index contributed by atoms with van der Waals surface area (Å²) in [7, 11) is 0. The highest BCUT2D eigenvalue weighted by Crippen LogP contribution is 2.64. The number of hydrogen-bond acceptors (Lipinski definition) is 7. The first kappa shape index (κ1) is 31.0. The fourth-order valence-corrected chi connectivity index (χ4v) is 8.90. The topological polar surface area (TPSA) is 145 Å². The van der Waals surface area contributed by atoms with Crippen molar-refractivity contribution in [3.8, 4) is 0 Å². The molecule has 4 aliphatic rings. The molecule has 246 valence electrons. The number of rotatable bonds is 6. The van der Waals surface area contributed by atoms with Crippen molar-refractivity contribution >= 4 is 52.6 Å². The second-order valence-corrected chi connectivity index (χ2v) is 13.4. The van der Waals surface area contributed by atoms with Crippen LogP contribution in [0, 0.1) is 23.7 Å². The van der Waals surface area contributed by atoms with Crippen molar-refractivity contribution < 1.29 is 38.6 Å². The average Bonchev–Trinajstić information content (AvgIpc) is 3.75. The molecule has 1 aromatic heterocycles. The van der Waals surface area contributed by atoms with Gasteiger partial charge in [0, 0.05) is 5.02 Å². The van der Waals surface area contributed by atoms with Gasteiger partial charge in [-0.1, -0.05) is 65.7 Å². The van der Waals surface area contributed by atoms with Crippen molar-refractivity contribution in [3.05, 3.63) is 130 Å². The molecule has 4 amide bonds.